The van der Waals surface area contributed by atoms with E-state index < -0.39 is 0 Å². The quantitative estimate of drug-likeness (QED) is 0.860. The van der Waals surface area contributed by atoms with Gasteiger partial charge < -0.3 is 14.9 Å². The van der Waals surface area contributed by atoms with Gasteiger partial charge >= 0.3 is 0 Å². The van der Waals surface area contributed by atoms with E-state index in [9.17, 15) is 0 Å². The van der Waals surface area contributed by atoms with Crippen molar-refractivity contribution in [2.45, 2.75) is 46.3 Å². The number of benzene rings is 1. The lowest BCUT2D eigenvalue weighted by Crippen LogP contribution is -2.00. The van der Waals surface area contributed by atoms with Crippen molar-refractivity contribution in [2.75, 3.05) is 0 Å². The van der Waals surface area contributed by atoms with Crippen LogP contribution in [0.25, 0.3) is 0 Å². The standard InChI is InChI=1S/C17H23NO2/c1-4-12(2)15-7-5-6-8-16(15)19-11-14-9-13(3)17(10-18)20-14/h5-9,12H,4,10-11,18H2,1-3H3. The average molecular weight is 273 g/mol. The third kappa shape index (κ3) is 3.23. The molecule has 20 heavy (non-hydrogen) atoms. The largest absolute Gasteiger partial charge is 0.485 e. The third-order valence-electron chi connectivity index (χ3n) is 3.69. The number of hydrogen-bond acceptors (Lipinski definition) is 3. The van der Waals surface area contributed by atoms with Crippen LogP contribution >= 0.6 is 0 Å². The first-order valence-corrected chi connectivity index (χ1v) is 7.15. The molecule has 0 aliphatic rings. The van der Waals surface area contributed by atoms with Gasteiger partial charge in [0.2, 0.25) is 0 Å². The van der Waals surface area contributed by atoms with Crippen LogP contribution in [0.2, 0.25) is 0 Å². The predicted molar refractivity (Wildman–Crippen MR) is 80.8 cm³/mol. The smallest absolute Gasteiger partial charge is 0.146 e. The van der Waals surface area contributed by atoms with Crippen LogP contribution < -0.4 is 10.5 Å². The summed E-state index contributed by atoms with van der Waals surface area (Å²) in [5, 5.41) is 0. The second-order valence-corrected chi connectivity index (χ2v) is 5.16. The molecule has 2 aromatic rings. The molecule has 1 aromatic carbocycles. The maximum absolute atomic E-state index is 5.92. The van der Waals surface area contributed by atoms with Crippen LogP contribution in [-0.2, 0) is 13.2 Å². The van der Waals surface area contributed by atoms with Gasteiger partial charge in [0.25, 0.3) is 0 Å². The van der Waals surface area contributed by atoms with Crippen molar-refractivity contribution in [1.29, 1.82) is 0 Å². The van der Waals surface area contributed by atoms with E-state index in [0.717, 1.165) is 29.3 Å². The van der Waals surface area contributed by atoms with Gasteiger partial charge in [0.1, 0.15) is 23.9 Å². The first kappa shape index (κ1) is 14.7. The fourth-order valence-electron chi connectivity index (χ4n) is 2.25. The van der Waals surface area contributed by atoms with E-state index >= 15 is 0 Å². The summed E-state index contributed by atoms with van der Waals surface area (Å²) in [5.41, 5.74) is 7.95. The fraction of sp³-hybridized carbons (Fsp3) is 0.412. The van der Waals surface area contributed by atoms with E-state index in [1.165, 1.54) is 5.56 Å². The molecular weight excluding hydrogens is 250 g/mol. The van der Waals surface area contributed by atoms with Crippen LogP contribution in [0.3, 0.4) is 0 Å². The Hall–Kier alpha value is -1.74. The highest BCUT2D eigenvalue weighted by Gasteiger charge is 2.11. The molecule has 0 saturated heterocycles. The summed E-state index contributed by atoms with van der Waals surface area (Å²) in [5.74, 6) is 3.08. The van der Waals surface area contributed by atoms with Gasteiger partial charge in [-0.05, 0) is 42.5 Å². The SMILES string of the molecule is CCC(C)c1ccccc1OCc1cc(C)c(CN)o1. The highest BCUT2D eigenvalue weighted by molar-refractivity contribution is 5.36. The zero-order valence-electron chi connectivity index (χ0n) is 12.5. The van der Waals surface area contributed by atoms with Crippen LogP contribution in [0.4, 0.5) is 0 Å². The molecule has 1 aromatic heterocycles. The molecule has 0 saturated carbocycles. The normalized spacial score (nSPS) is 12.4. The number of aryl methyl sites for hydroxylation is 1. The van der Waals surface area contributed by atoms with Crippen LogP contribution in [-0.4, -0.2) is 0 Å². The second kappa shape index (κ2) is 6.62. The molecule has 1 unspecified atom stereocenters. The van der Waals surface area contributed by atoms with Crippen LogP contribution in [0.15, 0.2) is 34.7 Å². The molecule has 3 heteroatoms. The molecule has 0 radical (unpaired) electrons. The van der Waals surface area contributed by atoms with Gasteiger partial charge in [-0.2, -0.15) is 0 Å². The molecule has 2 rings (SSSR count). The van der Waals surface area contributed by atoms with E-state index in [2.05, 4.69) is 26.0 Å². The van der Waals surface area contributed by atoms with Crippen molar-refractivity contribution in [3.63, 3.8) is 0 Å². The van der Waals surface area contributed by atoms with E-state index in [1.807, 2.05) is 25.1 Å². The molecule has 0 spiro atoms. The van der Waals surface area contributed by atoms with Gasteiger partial charge in [0.05, 0.1) is 6.54 Å². The Morgan fingerprint density at radius 2 is 2.05 bits per heavy atom. The van der Waals surface area contributed by atoms with Crippen molar-refractivity contribution in [3.8, 4) is 5.75 Å². The third-order valence-corrected chi connectivity index (χ3v) is 3.69. The van der Waals surface area contributed by atoms with Gasteiger partial charge in [-0.15, -0.1) is 0 Å². The monoisotopic (exact) mass is 273 g/mol. The van der Waals surface area contributed by atoms with Gasteiger partial charge in [-0.25, -0.2) is 0 Å². The van der Waals surface area contributed by atoms with Crippen molar-refractivity contribution >= 4 is 0 Å². The van der Waals surface area contributed by atoms with Gasteiger partial charge in [0.15, 0.2) is 0 Å². The number of nitrogens with two attached hydrogens (primary N) is 1. The lowest BCUT2D eigenvalue weighted by Gasteiger charge is -2.15. The van der Waals surface area contributed by atoms with E-state index in [1.54, 1.807) is 0 Å². The predicted octanol–water partition coefficient (Wildman–Crippen LogP) is 4.14. The Kier molecular flexibility index (Phi) is 4.85. The van der Waals surface area contributed by atoms with Gasteiger partial charge in [0, 0.05) is 0 Å². The topological polar surface area (TPSA) is 48.4 Å². The number of ether oxygens (including phenoxy) is 1. The van der Waals surface area contributed by atoms with Crippen LogP contribution in [0.5, 0.6) is 5.75 Å². The van der Waals surface area contributed by atoms with Crippen molar-refractivity contribution in [2.24, 2.45) is 5.73 Å². The summed E-state index contributed by atoms with van der Waals surface area (Å²) in [6.07, 6.45) is 1.09. The first-order valence-electron chi connectivity index (χ1n) is 7.15. The molecule has 0 aliphatic heterocycles. The van der Waals surface area contributed by atoms with E-state index in [0.29, 0.717) is 19.1 Å². The first-order chi connectivity index (χ1) is 9.65. The van der Waals surface area contributed by atoms with Crippen LogP contribution in [0, 0.1) is 6.92 Å². The average Bonchev–Trinajstić information content (AvgIpc) is 2.84. The Bertz CT molecular complexity index is 560. The Morgan fingerprint density at radius 3 is 2.70 bits per heavy atom. The molecule has 0 amide bonds. The summed E-state index contributed by atoms with van der Waals surface area (Å²) < 4.78 is 11.6. The summed E-state index contributed by atoms with van der Waals surface area (Å²) in [4.78, 5) is 0. The molecule has 2 N–H and O–H groups in total. The Morgan fingerprint density at radius 1 is 1.30 bits per heavy atom. The highest BCUT2D eigenvalue weighted by atomic mass is 16.5. The minimum Gasteiger partial charge on any atom is -0.485 e. The number of hydrogen-bond donors (Lipinski definition) is 1. The number of rotatable bonds is 6. The molecule has 0 fully saturated rings. The molecule has 0 aliphatic carbocycles. The number of furan rings is 1. The summed E-state index contributed by atoms with van der Waals surface area (Å²) in [6, 6.07) is 10.2. The maximum atomic E-state index is 5.92. The summed E-state index contributed by atoms with van der Waals surface area (Å²) >= 11 is 0. The highest BCUT2D eigenvalue weighted by Crippen LogP contribution is 2.29. The molecule has 3 nitrogen and oxygen atoms in total. The maximum Gasteiger partial charge on any atom is 0.146 e. The van der Waals surface area contributed by atoms with Gasteiger partial charge in [-0.1, -0.05) is 32.0 Å². The van der Waals surface area contributed by atoms with Crippen LogP contribution in [0.1, 0.15) is 48.8 Å². The minimum atomic E-state index is 0.426. The molecule has 108 valence electrons. The molecule has 0 bridgehead atoms. The van der Waals surface area contributed by atoms with Gasteiger partial charge in [-0.3, -0.25) is 0 Å². The zero-order valence-corrected chi connectivity index (χ0v) is 12.5. The fourth-order valence-corrected chi connectivity index (χ4v) is 2.25. The summed E-state index contributed by atoms with van der Waals surface area (Å²) in [7, 11) is 0. The summed E-state index contributed by atoms with van der Waals surface area (Å²) in [6.45, 7) is 7.27. The zero-order chi connectivity index (χ0) is 14.5. The Balaban J connectivity index is 2.10. The van der Waals surface area contributed by atoms with Crippen molar-refractivity contribution in [1.82, 2.24) is 0 Å². The van der Waals surface area contributed by atoms with Crippen molar-refractivity contribution < 1.29 is 9.15 Å². The number of para-hydroxylation sites is 1. The minimum absolute atomic E-state index is 0.426. The van der Waals surface area contributed by atoms with Crippen molar-refractivity contribution in [3.05, 3.63) is 53.0 Å². The van der Waals surface area contributed by atoms with E-state index in [4.69, 9.17) is 14.9 Å². The molecule has 1 atom stereocenters. The lowest BCUT2D eigenvalue weighted by molar-refractivity contribution is 0.262. The molecule has 1 heterocycles. The lowest BCUT2D eigenvalue weighted by atomic mass is 9.98. The second-order valence-electron chi connectivity index (χ2n) is 5.16. The Labute approximate surface area is 120 Å². The van der Waals surface area contributed by atoms with E-state index in [-0.39, 0.29) is 0 Å². The molecular formula is C17H23NO2.